The predicted octanol–water partition coefficient (Wildman–Crippen LogP) is 6.03. The van der Waals surface area contributed by atoms with Gasteiger partial charge in [0.1, 0.15) is 11.5 Å². The van der Waals surface area contributed by atoms with E-state index in [1.165, 1.54) is 35.2 Å². The van der Waals surface area contributed by atoms with E-state index in [9.17, 15) is 18.8 Å². The van der Waals surface area contributed by atoms with Crippen LogP contribution in [0.1, 0.15) is 15.9 Å². The Balaban J connectivity index is 1.37. The van der Waals surface area contributed by atoms with E-state index in [4.69, 9.17) is 0 Å². The summed E-state index contributed by atoms with van der Waals surface area (Å²) in [7, 11) is 0. The van der Waals surface area contributed by atoms with Crippen LogP contribution in [0, 0.1) is 5.82 Å². The van der Waals surface area contributed by atoms with E-state index in [0.29, 0.717) is 11.3 Å². The van der Waals surface area contributed by atoms with Crippen LogP contribution in [0.2, 0.25) is 0 Å². The molecule has 0 aliphatic carbocycles. The van der Waals surface area contributed by atoms with Crippen molar-refractivity contribution in [1.29, 1.82) is 0 Å². The van der Waals surface area contributed by atoms with Gasteiger partial charge in [0.15, 0.2) is 0 Å². The number of hydrogen-bond acceptors (Lipinski definition) is 5. The van der Waals surface area contributed by atoms with Crippen LogP contribution in [0.15, 0.2) is 106 Å². The molecule has 3 aromatic carbocycles. The fraction of sp³-hybridized carbons (Fsp3) is 0.0357. The van der Waals surface area contributed by atoms with Crippen LogP contribution in [0.25, 0.3) is 6.08 Å². The maximum absolute atomic E-state index is 13.7. The second kappa shape index (κ2) is 12.7. The highest BCUT2D eigenvalue weighted by Gasteiger charge is 2.15. The molecule has 0 aliphatic rings. The van der Waals surface area contributed by atoms with Crippen molar-refractivity contribution in [2.75, 3.05) is 16.4 Å². The summed E-state index contributed by atoms with van der Waals surface area (Å²) < 4.78 is 13.7. The molecule has 0 saturated heterocycles. The first-order valence-electron chi connectivity index (χ1n) is 11.2. The van der Waals surface area contributed by atoms with Crippen LogP contribution in [0.4, 0.5) is 15.8 Å². The minimum Gasteiger partial charge on any atom is -0.323 e. The summed E-state index contributed by atoms with van der Waals surface area (Å²) in [5.41, 5.74) is 2.00. The van der Waals surface area contributed by atoms with Crippen molar-refractivity contribution < 1.29 is 18.8 Å². The van der Waals surface area contributed by atoms with E-state index in [1.54, 1.807) is 66.7 Å². The number of carbonyl (C=O) groups is 3. The number of thiophene rings is 1. The summed E-state index contributed by atoms with van der Waals surface area (Å²) in [4.78, 5) is 38.6. The number of hydrogen-bond donors (Lipinski definition) is 3. The molecule has 0 spiro atoms. The van der Waals surface area contributed by atoms with Crippen LogP contribution in [0.5, 0.6) is 0 Å². The zero-order valence-corrected chi connectivity index (χ0v) is 21.1. The van der Waals surface area contributed by atoms with Crippen LogP contribution in [0.3, 0.4) is 0 Å². The number of amides is 3. The summed E-state index contributed by atoms with van der Waals surface area (Å²) in [6.45, 7) is 0. The number of halogens is 1. The van der Waals surface area contributed by atoms with E-state index < -0.39 is 17.6 Å². The maximum Gasteiger partial charge on any atom is 0.272 e. The van der Waals surface area contributed by atoms with Gasteiger partial charge in [-0.05, 0) is 77.0 Å². The Labute approximate surface area is 221 Å². The molecule has 0 unspecified atom stereocenters. The van der Waals surface area contributed by atoms with Crippen molar-refractivity contribution in [3.8, 4) is 0 Å². The molecule has 1 heterocycles. The Hall–Kier alpha value is -4.21. The molecule has 3 N–H and O–H groups in total. The Morgan fingerprint density at radius 2 is 1.59 bits per heavy atom. The molecule has 0 fully saturated rings. The van der Waals surface area contributed by atoms with Gasteiger partial charge in [-0.25, -0.2) is 4.39 Å². The largest absolute Gasteiger partial charge is 0.323 e. The minimum atomic E-state index is -0.492. The van der Waals surface area contributed by atoms with Gasteiger partial charge in [-0.3, -0.25) is 14.4 Å². The Bertz CT molecular complexity index is 1410. The number of nitrogens with one attached hydrogen (secondary N) is 3. The van der Waals surface area contributed by atoms with Gasteiger partial charge in [-0.2, -0.15) is 11.3 Å². The summed E-state index contributed by atoms with van der Waals surface area (Å²) in [5.74, 6) is -1.59. The van der Waals surface area contributed by atoms with Crippen molar-refractivity contribution in [3.05, 3.63) is 118 Å². The molecule has 37 heavy (non-hydrogen) atoms. The topological polar surface area (TPSA) is 87.3 Å². The number of anilines is 2. The highest BCUT2D eigenvalue weighted by Crippen LogP contribution is 2.22. The number of thioether (sulfide) groups is 1. The Morgan fingerprint density at radius 3 is 2.30 bits per heavy atom. The number of benzene rings is 3. The Kier molecular flexibility index (Phi) is 8.85. The van der Waals surface area contributed by atoms with Crippen molar-refractivity contribution >= 4 is 58.3 Å². The smallest absolute Gasteiger partial charge is 0.272 e. The molecule has 4 aromatic rings. The first-order chi connectivity index (χ1) is 18.0. The third kappa shape index (κ3) is 7.63. The summed E-state index contributed by atoms with van der Waals surface area (Å²) >= 11 is 2.77. The molecule has 0 atom stereocenters. The number of carbonyl (C=O) groups excluding carboxylic acids is 3. The zero-order valence-electron chi connectivity index (χ0n) is 19.4. The third-order valence-corrected chi connectivity index (χ3v) is 6.73. The SMILES string of the molecule is O=C(CSc1ccc(NC(=O)/C(=C/c2ccsc2)NC(=O)c2ccccc2)cc1)Nc1ccccc1F. The van der Waals surface area contributed by atoms with Crippen LogP contribution < -0.4 is 16.0 Å². The molecule has 9 heteroatoms. The molecular weight excluding hydrogens is 509 g/mol. The van der Waals surface area contributed by atoms with Gasteiger partial charge in [0.2, 0.25) is 5.91 Å². The van der Waals surface area contributed by atoms with Gasteiger partial charge < -0.3 is 16.0 Å². The lowest BCUT2D eigenvalue weighted by Gasteiger charge is -2.11. The number of rotatable bonds is 9. The standard InChI is InChI=1S/C28H22FN3O3S2/c29-23-8-4-5-9-24(23)31-26(33)18-37-22-12-10-21(11-13-22)30-28(35)25(16-19-14-15-36-17-19)32-27(34)20-6-2-1-3-7-20/h1-17H,18H2,(H,30,35)(H,31,33)(H,32,34)/b25-16-. The predicted molar refractivity (Wildman–Crippen MR) is 147 cm³/mol. The molecule has 0 bridgehead atoms. The first kappa shape index (κ1) is 25.9. The second-order valence-electron chi connectivity index (χ2n) is 7.73. The van der Waals surface area contributed by atoms with Gasteiger partial charge in [-0.1, -0.05) is 30.3 Å². The minimum absolute atomic E-state index is 0.0963. The molecule has 0 saturated carbocycles. The third-order valence-electron chi connectivity index (χ3n) is 5.01. The van der Waals surface area contributed by atoms with Crippen molar-refractivity contribution in [2.45, 2.75) is 4.90 Å². The average Bonchev–Trinajstić information content (AvgIpc) is 3.43. The maximum atomic E-state index is 13.7. The summed E-state index contributed by atoms with van der Waals surface area (Å²) in [6.07, 6.45) is 1.62. The molecular formula is C28H22FN3O3S2. The van der Waals surface area contributed by atoms with Gasteiger partial charge in [0.05, 0.1) is 11.4 Å². The molecule has 3 amide bonds. The molecule has 4 rings (SSSR count). The van der Waals surface area contributed by atoms with Gasteiger partial charge in [0, 0.05) is 16.1 Å². The first-order valence-corrected chi connectivity index (χ1v) is 13.1. The fourth-order valence-corrected chi connectivity index (χ4v) is 4.51. The van der Waals surface area contributed by atoms with Crippen molar-refractivity contribution in [3.63, 3.8) is 0 Å². The lowest BCUT2D eigenvalue weighted by atomic mass is 10.2. The van der Waals surface area contributed by atoms with Gasteiger partial charge in [0.25, 0.3) is 11.8 Å². The summed E-state index contributed by atoms with van der Waals surface area (Å²) in [6, 6.07) is 23.4. The molecule has 186 valence electrons. The second-order valence-corrected chi connectivity index (χ2v) is 9.56. The quantitative estimate of drug-likeness (QED) is 0.182. The van der Waals surface area contributed by atoms with Crippen LogP contribution in [-0.2, 0) is 9.59 Å². The Morgan fingerprint density at radius 1 is 0.865 bits per heavy atom. The normalized spacial score (nSPS) is 11.0. The molecule has 6 nitrogen and oxygen atoms in total. The number of para-hydroxylation sites is 1. The van der Waals surface area contributed by atoms with Crippen molar-refractivity contribution in [1.82, 2.24) is 5.32 Å². The lowest BCUT2D eigenvalue weighted by Crippen LogP contribution is -2.30. The van der Waals surface area contributed by atoms with Crippen LogP contribution in [-0.4, -0.2) is 23.5 Å². The molecule has 0 radical (unpaired) electrons. The lowest BCUT2D eigenvalue weighted by molar-refractivity contribution is -0.114. The van der Waals surface area contributed by atoms with E-state index in [0.717, 1.165) is 10.5 Å². The molecule has 1 aromatic heterocycles. The highest BCUT2D eigenvalue weighted by atomic mass is 32.2. The summed E-state index contributed by atoms with van der Waals surface area (Å²) in [5, 5.41) is 11.8. The average molecular weight is 532 g/mol. The molecule has 0 aliphatic heterocycles. The van der Waals surface area contributed by atoms with E-state index in [2.05, 4.69) is 16.0 Å². The van der Waals surface area contributed by atoms with Gasteiger partial charge >= 0.3 is 0 Å². The van der Waals surface area contributed by atoms with Gasteiger partial charge in [-0.15, -0.1) is 11.8 Å². The van der Waals surface area contributed by atoms with Crippen LogP contribution >= 0.6 is 23.1 Å². The van der Waals surface area contributed by atoms with E-state index in [-0.39, 0.29) is 23.0 Å². The van der Waals surface area contributed by atoms with E-state index >= 15 is 0 Å². The monoisotopic (exact) mass is 531 g/mol. The fourth-order valence-electron chi connectivity index (χ4n) is 3.20. The van der Waals surface area contributed by atoms with Crippen molar-refractivity contribution in [2.24, 2.45) is 0 Å². The highest BCUT2D eigenvalue weighted by molar-refractivity contribution is 8.00. The zero-order chi connectivity index (χ0) is 26.0. The van der Waals surface area contributed by atoms with E-state index in [1.807, 2.05) is 22.9 Å².